The predicted octanol–water partition coefficient (Wildman–Crippen LogP) is 2.63. The maximum atomic E-state index is 4.64. The van der Waals surface area contributed by atoms with Gasteiger partial charge in [-0.05, 0) is 18.7 Å². The molecule has 0 bridgehead atoms. The largest absolute Gasteiger partial charge is 0.345 e. The van der Waals surface area contributed by atoms with E-state index in [-0.39, 0.29) is 0 Å². The number of hydrogen-bond donors (Lipinski definition) is 1. The molecular formula is C20H22N6. The van der Waals surface area contributed by atoms with Gasteiger partial charge >= 0.3 is 0 Å². The first-order valence-corrected chi connectivity index (χ1v) is 9.08. The second kappa shape index (κ2) is 6.23. The van der Waals surface area contributed by atoms with E-state index in [1.54, 1.807) is 0 Å². The van der Waals surface area contributed by atoms with Crippen LogP contribution in [-0.2, 0) is 6.54 Å². The van der Waals surface area contributed by atoms with Crippen LogP contribution in [0.3, 0.4) is 0 Å². The average molecular weight is 346 g/mol. The van der Waals surface area contributed by atoms with Crippen molar-refractivity contribution in [2.75, 3.05) is 33.2 Å². The van der Waals surface area contributed by atoms with Crippen molar-refractivity contribution in [2.45, 2.75) is 6.54 Å². The zero-order chi connectivity index (χ0) is 17.5. The van der Waals surface area contributed by atoms with Gasteiger partial charge in [0, 0.05) is 44.5 Å². The molecule has 1 aliphatic rings. The van der Waals surface area contributed by atoms with Crippen LogP contribution >= 0.6 is 0 Å². The molecule has 132 valence electrons. The van der Waals surface area contributed by atoms with Gasteiger partial charge in [-0.2, -0.15) is 0 Å². The second-order valence-electron chi connectivity index (χ2n) is 7.09. The monoisotopic (exact) mass is 346 g/mol. The van der Waals surface area contributed by atoms with E-state index in [4.69, 9.17) is 0 Å². The summed E-state index contributed by atoms with van der Waals surface area (Å²) in [6.07, 6.45) is 5.66. The molecule has 0 spiro atoms. The summed E-state index contributed by atoms with van der Waals surface area (Å²) in [6.45, 7) is 5.60. The van der Waals surface area contributed by atoms with Crippen LogP contribution in [0.25, 0.3) is 28.1 Å². The Kier molecular flexibility index (Phi) is 3.72. The third-order valence-electron chi connectivity index (χ3n) is 5.27. The Morgan fingerprint density at radius 2 is 1.73 bits per heavy atom. The zero-order valence-corrected chi connectivity index (χ0v) is 14.9. The molecule has 26 heavy (non-hydrogen) atoms. The first-order valence-electron chi connectivity index (χ1n) is 9.08. The van der Waals surface area contributed by atoms with Crippen LogP contribution in [0.2, 0.25) is 0 Å². The van der Waals surface area contributed by atoms with Crippen molar-refractivity contribution in [3.8, 4) is 11.4 Å². The van der Waals surface area contributed by atoms with Gasteiger partial charge in [-0.15, -0.1) is 0 Å². The molecule has 0 unspecified atom stereocenters. The molecule has 6 heteroatoms. The summed E-state index contributed by atoms with van der Waals surface area (Å²) in [5.41, 5.74) is 5.42. The fourth-order valence-corrected chi connectivity index (χ4v) is 3.70. The molecule has 5 rings (SSSR count). The molecule has 1 N–H and O–H groups in total. The number of imidazole rings is 1. The minimum absolute atomic E-state index is 0.878. The molecule has 0 atom stereocenters. The van der Waals surface area contributed by atoms with E-state index in [1.165, 1.54) is 5.56 Å². The van der Waals surface area contributed by atoms with Gasteiger partial charge in [0.25, 0.3) is 0 Å². The molecule has 0 amide bonds. The number of hydrogen-bond acceptors (Lipinski definition) is 4. The first-order chi connectivity index (χ1) is 12.8. The van der Waals surface area contributed by atoms with Crippen molar-refractivity contribution < 1.29 is 0 Å². The van der Waals surface area contributed by atoms with Gasteiger partial charge < -0.3 is 9.88 Å². The maximum absolute atomic E-state index is 4.64. The zero-order valence-electron chi connectivity index (χ0n) is 14.9. The van der Waals surface area contributed by atoms with Gasteiger partial charge in [-0.3, -0.25) is 9.30 Å². The van der Waals surface area contributed by atoms with Crippen LogP contribution in [0.5, 0.6) is 0 Å². The Labute approximate surface area is 152 Å². The summed E-state index contributed by atoms with van der Waals surface area (Å²) in [5, 5.41) is 0. The van der Waals surface area contributed by atoms with E-state index in [9.17, 15) is 0 Å². The van der Waals surface area contributed by atoms with Crippen molar-refractivity contribution in [1.82, 2.24) is 29.2 Å². The number of nitrogens with zero attached hydrogens (tertiary/aromatic N) is 5. The summed E-state index contributed by atoms with van der Waals surface area (Å²) < 4.78 is 2.16. The number of H-pyrrole nitrogens is 1. The Balaban J connectivity index is 1.44. The van der Waals surface area contributed by atoms with E-state index in [1.807, 2.05) is 24.7 Å². The molecule has 1 saturated heterocycles. The van der Waals surface area contributed by atoms with Crippen molar-refractivity contribution in [1.29, 1.82) is 0 Å². The summed E-state index contributed by atoms with van der Waals surface area (Å²) in [4.78, 5) is 17.2. The number of aromatic nitrogens is 4. The van der Waals surface area contributed by atoms with Crippen molar-refractivity contribution in [3.05, 3.63) is 54.5 Å². The smallest absolute Gasteiger partial charge is 0.154 e. The Morgan fingerprint density at radius 1 is 0.962 bits per heavy atom. The molecule has 1 fully saturated rings. The summed E-state index contributed by atoms with van der Waals surface area (Å²) >= 11 is 0. The molecule has 6 nitrogen and oxygen atoms in total. The van der Waals surface area contributed by atoms with Gasteiger partial charge in [0.2, 0.25) is 0 Å². The van der Waals surface area contributed by atoms with Gasteiger partial charge in [0.05, 0.1) is 23.4 Å². The van der Waals surface area contributed by atoms with E-state index in [2.05, 4.69) is 60.5 Å². The topological polar surface area (TPSA) is 52.5 Å². The highest BCUT2D eigenvalue weighted by molar-refractivity contribution is 5.78. The Morgan fingerprint density at radius 3 is 2.54 bits per heavy atom. The average Bonchev–Trinajstić information content (AvgIpc) is 3.30. The fourth-order valence-electron chi connectivity index (χ4n) is 3.70. The molecule has 0 aliphatic carbocycles. The molecule has 0 radical (unpaired) electrons. The lowest BCUT2D eigenvalue weighted by Crippen LogP contribution is -2.43. The summed E-state index contributed by atoms with van der Waals surface area (Å²) in [7, 11) is 2.19. The van der Waals surface area contributed by atoms with Crippen molar-refractivity contribution >= 4 is 16.7 Å². The minimum atomic E-state index is 0.878. The fraction of sp³-hybridized carbons (Fsp3) is 0.300. The highest BCUT2D eigenvalue weighted by atomic mass is 15.2. The molecule has 3 aromatic heterocycles. The third kappa shape index (κ3) is 2.67. The SMILES string of the molecule is CN1CCN(Cc2ccc(-c3ncc4cnc5[nH]ccc5n34)cc2)CC1. The van der Waals surface area contributed by atoms with Crippen LogP contribution in [0.4, 0.5) is 0 Å². The van der Waals surface area contributed by atoms with E-state index < -0.39 is 0 Å². The Bertz CT molecular complexity index is 1040. The predicted molar refractivity (Wildman–Crippen MR) is 103 cm³/mol. The molecular weight excluding hydrogens is 324 g/mol. The van der Waals surface area contributed by atoms with E-state index >= 15 is 0 Å². The van der Waals surface area contributed by atoms with Gasteiger partial charge in [0.15, 0.2) is 5.65 Å². The minimum Gasteiger partial charge on any atom is -0.345 e. The number of benzene rings is 1. The second-order valence-corrected chi connectivity index (χ2v) is 7.09. The number of fused-ring (bicyclic) bond motifs is 3. The number of nitrogens with one attached hydrogen (secondary N) is 1. The summed E-state index contributed by atoms with van der Waals surface area (Å²) in [6, 6.07) is 10.9. The van der Waals surface area contributed by atoms with Crippen LogP contribution < -0.4 is 0 Å². The highest BCUT2D eigenvalue weighted by Gasteiger charge is 2.14. The standard InChI is InChI=1S/C20H22N6/c1-24-8-10-25(11-9-24)14-15-2-4-16(5-3-15)20-23-13-17-12-22-19-18(26(17)20)6-7-21-19/h2-7,12-13,21H,8-11,14H2,1H3. The summed E-state index contributed by atoms with van der Waals surface area (Å²) in [5.74, 6) is 0.957. The van der Waals surface area contributed by atoms with Gasteiger partial charge in [-0.1, -0.05) is 24.3 Å². The number of rotatable bonds is 3. The Hall–Kier alpha value is -2.70. The normalized spacial score (nSPS) is 16.7. The molecule has 1 aliphatic heterocycles. The van der Waals surface area contributed by atoms with Crippen LogP contribution in [0.1, 0.15) is 5.56 Å². The van der Waals surface area contributed by atoms with Crippen LogP contribution in [0.15, 0.2) is 48.9 Å². The lowest BCUT2D eigenvalue weighted by Gasteiger charge is -2.32. The van der Waals surface area contributed by atoms with E-state index in [0.29, 0.717) is 0 Å². The van der Waals surface area contributed by atoms with Crippen LogP contribution in [-0.4, -0.2) is 62.4 Å². The van der Waals surface area contributed by atoms with Crippen molar-refractivity contribution in [2.24, 2.45) is 0 Å². The van der Waals surface area contributed by atoms with Gasteiger partial charge in [-0.25, -0.2) is 9.97 Å². The highest BCUT2D eigenvalue weighted by Crippen LogP contribution is 2.24. The van der Waals surface area contributed by atoms with Crippen LogP contribution in [0, 0.1) is 0 Å². The number of likely N-dealkylation sites (N-methyl/N-ethyl adjacent to an activating group) is 1. The molecule has 1 aromatic carbocycles. The van der Waals surface area contributed by atoms with E-state index in [0.717, 1.165) is 60.8 Å². The molecule has 0 saturated carbocycles. The quantitative estimate of drug-likeness (QED) is 0.620. The van der Waals surface area contributed by atoms with Gasteiger partial charge in [0.1, 0.15) is 5.82 Å². The molecule has 4 aromatic rings. The van der Waals surface area contributed by atoms with Crippen molar-refractivity contribution in [3.63, 3.8) is 0 Å². The third-order valence-corrected chi connectivity index (χ3v) is 5.27. The number of aromatic amines is 1. The lowest BCUT2D eigenvalue weighted by atomic mass is 10.1. The maximum Gasteiger partial charge on any atom is 0.154 e. The first kappa shape index (κ1) is 15.5. The lowest BCUT2D eigenvalue weighted by molar-refractivity contribution is 0.148. The molecule has 4 heterocycles. The number of piperazine rings is 1.